The van der Waals surface area contributed by atoms with Crippen LogP contribution in [0.5, 0.6) is 0 Å². The molecule has 0 saturated heterocycles. The average Bonchev–Trinajstić information content (AvgIpc) is 3.60. The number of carbonyl (C=O) groups excluding carboxylic acids is 1. The number of imidazole rings is 2. The van der Waals surface area contributed by atoms with Crippen molar-refractivity contribution in [2.24, 2.45) is 5.92 Å². The number of nitrogens with one attached hydrogen (secondary N) is 3. The van der Waals surface area contributed by atoms with Crippen molar-refractivity contribution in [3.05, 3.63) is 67.1 Å². The third-order valence-corrected chi connectivity index (χ3v) is 6.06. The Morgan fingerprint density at radius 2 is 2.00 bits per heavy atom. The topological polar surface area (TPSA) is 130 Å². The molecule has 5 aromatic heterocycles. The first-order valence-corrected chi connectivity index (χ1v) is 12.0. The largest absolute Gasteiger partial charge is 0.336 e. The first kappa shape index (κ1) is 22.6. The second-order valence-corrected chi connectivity index (χ2v) is 9.48. The van der Waals surface area contributed by atoms with Crippen LogP contribution in [0.15, 0.2) is 61.4 Å². The van der Waals surface area contributed by atoms with Crippen molar-refractivity contribution >= 4 is 33.5 Å². The zero-order valence-electron chi connectivity index (χ0n) is 20.6. The molecule has 1 aromatic carbocycles. The minimum absolute atomic E-state index is 0.0374. The van der Waals surface area contributed by atoms with E-state index in [0.717, 1.165) is 38.9 Å². The zero-order valence-corrected chi connectivity index (χ0v) is 20.6. The summed E-state index contributed by atoms with van der Waals surface area (Å²) >= 11 is 0. The molecule has 6 aromatic rings. The molecule has 0 radical (unpaired) electrons. The highest BCUT2D eigenvalue weighted by molar-refractivity contribution is 5.96. The summed E-state index contributed by atoms with van der Waals surface area (Å²) in [7, 11) is 0. The van der Waals surface area contributed by atoms with E-state index in [9.17, 15) is 4.79 Å². The lowest BCUT2D eigenvalue weighted by Gasteiger charge is -2.08. The smallest absolute Gasteiger partial charge is 0.224 e. The first-order valence-electron chi connectivity index (χ1n) is 12.0. The molecular formula is C27H25N9O. The second kappa shape index (κ2) is 8.98. The lowest BCUT2D eigenvalue weighted by Crippen LogP contribution is -2.13. The van der Waals surface area contributed by atoms with Gasteiger partial charge in [0.25, 0.3) is 0 Å². The number of H-pyrrole nitrogens is 2. The van der Waals surface area contributed by atoms with Gasteiger partial charge in [0.15, 0.2) is 5.82 Å². The number of aryl methyl sites for hydroxylation is 1. The Morgan fingerprint density at radius 1 is 1.11 bits per heavy atom. The SMILES string of the molecule is Cc1cn(-c2cccc3[nH]c(-c4n[nH]c5cnc(-c6cncc(NC(=O)CC(C)C)c6)cc45)nc23)cn1. The molecule has 37 heavy (non-hydrogen) atoms. The Labute approximate surface area is 212 Å². The monoisotopic (exact) mass is 491 g/mol. The van der Waals surface area contributed by atoms with Crippen LogP contribution in [0.1, 0.15) is 26.0 Å². The van der Waals surface area contributed by atoms with Crippen molar-refractivity contribution in [1.29, 1.82) is 0 Å². The van der Waals surface area contributed by atoms with E-state index < -0.39 is 0 Å². The molecular weight excluding hydrogens is 466 g/mol. The van der Waals surface area contributed by atoms with E-state index in [2.05, 4.69) is 35.5 Å². The Bertz CT molecular complexity index is 1760. The van der Waals surface area contributed by atoms with Crippen LogP contribution in [0.25, 0.3) is 50.4 Å². The molecule has 0 saturated carbocycles. The van der Waals surface area contributed by atoms with Gasteiger partial charge in [-0.05, 0) is 37.1 Å². The maximum Gasteiger partial charge on any atom is 0.224 e. The van der Waals surface area contributed by atoms with Gasteiger partial charge in [0.2, 0.25) is 5.91 Å². The van der Waals surface area contributed by atoms with Crippen LogP contribution >= 0.6 is 0 Å². The van der Waals surface area contributed by atoms with Crippen molar-refractivity contribution < 1.29 is 4.79 Å². The van der Waals surface area contributed by atoms with Crippen molar-refractivity contribution in [2.45, 2.75) is 27.2 Å². The Hall–Kier alpha value is -4.86. The Balaban J connectivity index is 1.38. The van der Waals surface area contributed by atoms with E-state index in [1.165, 1.54) is 0 Å². The van der Waals surface area contributed by atoms with Gasteiger partial charge >= 0.3 is 0 Å². The number of fused-ring (bicyclic) bond motifs is 2. The average molecular weight is 492 g/mol. The number of rotatable bonds is 6. The fourth-order valence-corrected chi connectivity index (χ4v) is 4.38. The highest BCUT2D eigenvalue weighted by atomic mass is 16.1. The number of pyridine rings is 2. The third-order valence-electron chi connectivity index (χ3n) is 6.06. The van der Waals surface area contributed by atoms with Gasteiger partial charge in [0.05, 0.1) is 52.5 Å². The van der Waals surface area contributed by atoms with Crippen LogP contribution in [0.3, 0.4) is 0 Å². The minimum Gasteiger partial charge on any atom is -0.336 e. The van der Waals surface area contributed by atoms with E-state index in [0.29, 0.717) is 29.3 Å². The summed E-state index contributed by atoms with van der Waals surface area (Å²) in [4.78, 5) is 33.8. The maximum atomic E-state index is 12.2. The van der Waals surface area contributed by atoms with Gasteiger partial charge in [-0.3, -0.25) is 19.9 Å². The molecule has 1 amide bonds. The summed E-state index contributed by atoms with van der Waals surface area (Å²) in [6.07, 6.45) is 9.32. The molecule has 10 heteroatoms. The van der Waals surface area contributed by atoms with E-state index >= 15 is 0 Å². The summed E-state index contributed by atoms with van der Waals surface area (Å²) in [6, 6.07) is 9.82. The molecule has 10 nitrogen and oxygen atoms in total. The molecule has 0 fully saturated rings. The van der Waals surface area contributed by atoms with Crippen molar-refractivity contribution in [3.63, 3.8) is 0 Å². The second-order valence-electron chi connectivity index (χ2n) is 9.48. The molecule has 0 spiro atoms. The quantitative estimate of drug-likeness (QED) is 0.299. The number of aromatic nitrogens is 8. The number of amides is 1. The highest BCUT2D eigenvalue weighted by Gasteiger charge is 2.17. The predicted molar refractivity (Wildman–Crippen MR) is 142 cm³/mol. The lowest BCUT2D eigenvalue weighted by molar-refractivity contribution is -0.116. The number of aromatic amines is 2. The summed E-state index contributed by atoms with van der Waals surface area (Å²) in [5, 5.41) is 11.4. The van der Waals surface area contributed by atoms with Crippen molar-refractivity contribution in [3.8, 4) is 28.5 Å². The van der Waals surface area contributed by atoms with Crippen molar-refractivity contribution in [2.75, 3.05) is 5.32 Å². The number of hydrogen-bond acceptors (Lipinski definition) is 6. The van der Waals surface area contributed by atoms with Gasteiger partial charge in [0.1, 0.15) is 11.2 Å². The van der Waals surface area contributed by atoms with Crippen LogP contribution in [-0.2, 0) is 4.79 Å². The summed E-state index contributed by atoms with van der Waals surface area (Å²) in [5.74, 6) is 0.887. The summed E-state index contributed by atoms with van der Waals surface area (Å²) in [5.41, 5.74) is 7.22. The molecule has 0 aliphatic carbocycles. The fraction of sp³-hybridized carbons (Fsp3) is 0.185. The van der Waals surface area contributed by atoms with E-state index in [1.54, 1.807) is 24.9 Å². The normalized spacial score (nSPS) is 11.6. The molecule has 5 heterocycles. The number of nitrogens with zero attached hydrogens (tertiary/aromatic N) is 6. The van der Waals surface area contributed by atoms with Gasteiger partial charge in [-0.25, -0.2) is 9.97 Å². The standard InChI is InChI=1S/C27H25N9O/c1-15(2)7-24(37)31-18-8-17(10-28-11-18)21-9-19-22(12-29-21)34-35-25(19)27-32-20-5-4-6-23(26(20)33-27)36-13-16(3)30-14-36/h4-6,8-15H,7H2,1-3H3,(H,31,37)(H,32,33)(H,34,35). The van der Waals surface area contributed by atoms with Crippen molar-refractivity contribution in [1.82, 2.24) is 39.7 Å². The van der Waals surface area contributed by atoms with Crippen LogP contribution < -0.4 is 5.32 Å². The third kappa shape index (κ3) is 4.33. The zero-order chi connectivity index (χ0) is 25.5. The summed E-state index contributed by atoms with van der Waals surface area (Å²) < 4.78 is 1.97. The lowest BCUT2D eigenvalue weighted by atomic mass is 10.1. The number of benzene rings is 1. The van der Waals surface area contributed by atoms with E-state index in [1.807, 2.05) is 61.9 Å². The highest BCUT2D eigenvalue weighted by Crippen LogP contribution is 2.31. The van der Waals surface area contributed by atoms with Crippen LogP contribution in [0.2, 0.25) is 0 Å². The molecule has 3 N–H and O–H groups in total. The molecule has 6 rings (SSSR count). The van der Waals surface area contributed by atoms with Crippen LogP contribution in [-0.4, -0.2) is 45.6 Å². The van der Waals surface area contributed by atoms with Gasteiger partial charge in [-0.15, -0.1) is 0 Å². The minimum atomic E-state index is -0.0374. The first-order chi connectivity index (χ1) is 17.9. The van der Waals surface area contributed by atoms with Crippen LogP contribution in [0.4, 0.5) is 5.69 Å². The molecule has 0 aliphatic heterocycles. The fourth-order valence-electron chi connectivity index (χ4n) is 4.38. The number of para-hydroxylation sites is 1. The van der Waals surface area contributed by atoms with Gasteiger partial charge < -0.3 is 14.9 Å². The van der Waals surface area contributed by atoms with Crippen LogP contribution in [0, 0.1) is 12.8 Å². The number of carbonyl (C=O) groups is 1. The molecule has 0 atom stereocenters. The number of anilines is 1. The van der Waals surface area contributed by atoms with Gasteiger partial charge in [-0.1, -0.05) is 19.9 Å². The Morgan fingerprint density at radius 3 is 2.81 bits per heavy atom. The Kier molecular flexibility index (Phi) is 5.48. The van der Waals surface area contributed by atoms with Gasteiger partial charge in [0, 0.05) is 29.8 Å². The molecule has 0 unspecified atom stereocenters. The molecule has 0 aliphatic rings. The number of hydrogen-bond donors (Lipinski definition) is 3. The molecule has 184 valence electrons. The van der Waals surface area contributed by atoms with Gasteiger partial charge in [-0.2, -0.15) is 5.10 Å². The van der Waals surface area contributed by atoms with E-state index in [4.69, 9.17) is 4.98 Å². The summed E-state index contributed by atoms with van der Waals surface area (Å²) in [6.45, 7) is 5.98. The predicted octanol–water partition coefficient (Wildman–Crippen LogP) is 5.04. The maximum absolute atomic E-state index is 12.2. The molecule has 0 bridgehead atoms. The van der Waals surface area contributed by atoms with E-state index in [-0.39, 0.29) is 11.8 Å².